The summed E-state index contributed by atoms with van der Waals surface area (Å²) in [6, 6.07) is 0.136. The molecule has 0 unspecified atom stereocenters. The van der Waals surface area contributed by atoms with Crippen molar-refractivity contribution >= 4 is 0 Å². The quantitative estimate of drug-likeness (QED) is 0.353. The van der Waals surface area contributed by atoms with Crippen LogP contribution in [0.4, 0.5) is 0 Å². The second-order valence-electron chi connectivity index (χ2n) is 2.37. The maximum atomic E-state index is 11.0. The molecule has 0 bridgehead atoms. The molecule has 0 aromatic heterocycles. The lowest BCUT2D eigenvalue weighted by Gasteiger charge is -2.19. The Bertz CT molecular complexity index is 136. The molecule has 0 aliphatic rings. The summed E-state index contributed by atoms with van der Waals surface area (Å²) in [5.74, 6) is 0. The molecule has 0 saturated carbocycles. The van der Waals surface area contributed by atoms with Gasteiger partial charge in [0.1, 0.15) is 7.11 Å². The van der Waals surface area contributed by atoms with E-state index in [0.717, 1.165) is 0 Å². The zero-order valence-corrected chi connectivity index (χ0v) is 7.44. The van der Waals surface area contributed by atoms with Gasteiger partial charge in [0.05, 0.1) is 17.6 Å². The molecule has 0 heterocycles. The van der Waals surface area contributed by atoms with Crippen molar-refractivity contribution in [3.63, 3.8) is 0 Å². The van der Waals surface area contributed by atoms with Crippen LogP contribution < -0.4 is 0 Å². The normalized spacial score (nSPS) is 11.9. The lowest BCUT2D eigenvalue weighted by molar-refractivity contribution is -0.716. The maximum Gasteiger partial charge on any atom is 0.232 e. The van der Waals surface area contributed by atoms with Crippen LogP contribution in [-0.2, 0) is 4.84 Å². The van der Waals surface area contributed by atoms with Crippen molar-refractivity contribution in [3.05, 3.63) is 5.21 Å². The molecular formula is C6H15N3O2. The van der Waals surface area contributed by atoms with Crippen LogP contribution in [0.15, 0.2) is 5.28 Å². The highest BCUT2D eigenvalue weighted by atomic mass is 16.7. The van der Waals surface area contributed by atoms with E-state index in [4.69, 9.17) is 0 Å². The number of hydrogen-bond acceptors (Lipinski definition) is 3. The Labute approximate surface area is 66.8 Å². The van der Waals surface area contributed by atoms with Crippen LogP contribution in [0, 0.1) is 5.21 Å². The number of nitrogens with zero attached hydrogens (tertiary/aromatic N) is 3. The fourth-order valence-corrected chi connectivity index (χ4v) is 0.800. The van der Waals surface area contributed by atoms with E-state index in [1.54, 1.807) is 0 Å². The molecule has 0 aliphatic carbocycles. The molecule has 0 N–H and O–H groups in total. The molecule has 0 atom stereocenters. The van der Waals surface area contributed by atoms with Crippen molar-refractivity contribution in [3.8, 4) is 0 Å². The SMILES string of the molecule is CCN(C(C)C)/[N+]([O-])=N/OC. The van der Waals surface area contributed by atoms with Gasteiger partial charge in [-0.15, -0.1) is 5.01 Å². The van der Waals surface area contributed by atoms with Crippen LogP contribution in [0.1, 0.15) is 20.8 Å². The van der Waals surface area contributed by atoms with Crippen LogP contribution in [0.25, 0.3) is 0 Å². The summed E-state index contributed by atoms with van der Waals surface area (Å²) in [7, 11) is 1.35. The van der Waals surface area contributed by atoms with Crippen molar-refractivity contribution < 1.29 is 9.81 Å². The van der Waals surface area contributed by atoms with E-state index in [0.29, 0.717) is 11.5 Å². The molecule has 66 valence electrons. The van der Waals surface area contributed by atoms with Crippen molar-refractivity contribution in [1.29, 1.82) is 0 Å². The average Bonchev–Trinajstić information content (AvgIpc) is 1.88. The predicted octanol–water partition coefficient (Wildman–Crippen LogP) is 1.16. The Kier molecular flexibility index (Phi) is 4.33. The third kappa shape index (κ3) is 3.06. The Balaban J connectivity index is 4.13. The first kappa shape index (κ1) is 10.0. The molecule has 11 heavy (non-hydrogen) atoms. The average molecular weight is 161 g/mol. The van der Waals surface area contributed by atoms with Gasteiger partial charge < -0.3 is 10.0 Å². The van der Waals surface area contributed by atoms with Gasteiger partial charge in [0.2, 0.25) is 5.28 Å². The molecule has 0 radical (unpaired) electrons. The van der Waals surface area contributed by atoms with Crippen LogP contribution >= 0.6 is 0 Å². The van der Waals surface area contributed by atoms with Gasteiger partial charge in [-0.25, -0.2) is 0 Å². The summed E-state index contributed by atoms with van der Waals surface area (Å²) < 4.78 is 0. The molecular weight excluding hydrogens is 146 g/mol. The van der Waals surface area contributed by atoms with Crippen molar-refractivity contribution in [1.82, 2.24) is 5.01 Å². The van der Waals surface area contributed by atoms with E-state index < -0.39 is 0 Å². The monoisotopic (exact) mass is 161 g/mol. The number of rotatable bonds is 4. The Hall–Kier alpha value is -1.00. The molecule has 0 aromatic carbocycles. The molecule has 0 rings (SSSR count). The summed E-state index contributed by atoms with van der Waals surface area (Å²) in [5, 5.41) is 15.7. The fourth-order valence-electron chi connectivity index (χ4n) is 0.800. The van der Waals surface area contributed by atoms with E-state index in [2.05, 4.69) is 10.1 Å². The largest absolute Gasteiger partial charge is 0.569 e. The maximum absolute atomic E-state index is 11.0. The molecule has 0 saturated heterocycles. The van der Waals surface area contributed by atoms with Crippen molar-refractivity contribution in [2.24, 2.45) is 5.28 Å². The van der Waals surface area contributed by atoms with Gasteiger partial charge in [-0.1, -0.05) is 0 Å². The highest BCUT2D eigenvalue weighted by Gasteiger charge is 2.13. The van der Waals surface area contributed by atoms with E-state index in [1.807, 2.05) is 20.8 Å². The summed E-state index contributed by atoms with van der Waals surface area (Å²) in [4.78, 5) is 4.80. The number of hydrazine groups is 1. The van der Waals surface area contributed by atoms with Gasteiger partial charge in [0, 0.05) is 0 Å². The van der Waals surface area contributed by atoms with E-state index in [-0.39, 0.29) is 6.04 Å². The smallest absolute Gasteiger partial charge is 0.232 e. The van der Waals surface area contributed by atoms with Crippen molar-refractivity contribution in [2.75, 3.05) is 13.7 Å². The van der Waals surface area contributed by atoms with E-state index in [1.165, 1.54) is 12.1 Å². The van der Waals surface area contributed by atoms with Gasteiger partial charge in [0.25, 0.3) is 0 Å². The Morgan fingerprint density at radius 3 is 2.45 bits per heavy atom. The summed E-state index contributed by atoms with van der Waals surface area (Å²) in [5.41, 5.74) is 0. The predicted molar refractivity (Wildman–Crippen MR) is 40.6 cm³/mol. The van der Waals surface area contributed by atoms with Gasteiger partial charge in [-0.3, -0.25) is 0 Å². The Morgan fingerprint density at radius 2 is 2.18 bits per heavy atom. The summed E-state index contributed by atoms with van der Waals surface area (Å²) in [6.45, 7) is 6.34. The van der Waals surface area contributed by atoms with Crippen LogP contribution in [0.3, 0.4) is 0 Å². The number of hydrogen-bond donors (Lipinski definition) is 0. The molecule has 5 heteroatoms. The highest BCUT2D eigenvalue weighted by molar-refractivity contribution is 4.46. The van der Waals surface area contributed by atoms with Crippen LogP contribution in [-0.4, -0.2) is 29.7 Å². The minimum atomic E-state index is 0.136. The molecule has 0 aliphatic heterocycles. The van der Waals surface area contributed by atoms with Crippen molar-refractivity contribution in [2.45, 2.75) is 26.8 Å². The van der Waals surface area contributed by atoms with Crippen LogP contribution in [0.5, 0.6) is 0 Å². The van der Waals surface area contributed by atoms with E-state index >= 15 is 0 Å². The lowest BCUT2D eigenvalue weighted by atomic mass is 10.4. The third-order valence-electron chi connectivity index (χ3n) is 1.29. The molecule has 0 aromatic rings. The zero-order valence-electron chi connectivity index (χ0n) is 7.44. The Morgan fingerprint density at radius 1 is 1.64 bits per heavy atom. The van der Waals surface area contributed by atoms with Gasteiger partial charge in [0.15, 0.2) is 0 Å². The fraction of sp³-hybridized carbons (Fsp3) is 1.00. The van der Waals surface area contributed by atoms with Gasteiger partial charge >= 0.3 is 0 Å². The first-order valence-corrected chi connectivity index (χ1v) is 3.61. The highest BCUT2D eigenvalue weighted by Crippen LogP contribution is 1.97. The van der Waals surface area contributed by atoms with Gasteiger partial charge in [-0.2, -0.15) is 0 Å². The molecule has 0 fully saturated rings. The first-order valence-electron chi connectivity index (χ1n) is 3.61. The van der Waals surface area contributed by atoms with Crippen LogP contribution in [0.2, 0.25) is 0 Å². The lowest BCUT2D eigenvalue weighted by Crippen LogP contribution is -2.36. The second kappa shape index (κ2) is 4.76. The standard InChI is InChI=1S/C6H15N3O2/c1-5-8(6(2)3)9(10)7-11-4/h6H,5H2,1-4H3/b9-7-. The minimum Gasteiger partial charge on any atom is -0.569 e. The first-order chi connectivity index (χ1) is 5.13. The molecule has 0 amide bonds. The zero-order chi connectivity index (χ0) is 8.85. The molecule has 5 nitrogen and oxygen atoms in total. The van der Waals surface area contributed by atoms with Gasteiger partial charge in [-0.05, 0) is 20.8 Å². The summed E-state index contributed by atoms with van der Waals surface area (Å²) in [6.07, 6.45) is 0. The third-order valence-corrected chi connectivity index (χ3v) is 1.29. The molecule has 0 spiro atoms. The second-order valence-corrected chi connectivity index (χ2v) is 2.37. The topological polar surface area (TPSA) is 50.9 Å². The minimum absolute atomic E-state index is 0.136. The van der Waals surface area contributed by atoms with E-state index in [9.17, 15) is 5.21 Å². The summed E-state index contributed by atoms with van der Waals surface area (Å²) >= 11 is 0.